The predicted molar refractivity (Wildman–Crippen MR) is 122 cm³/mol. The number of methoxy groups -OCH3 is 1. The van der Waals surface area contributed by atoms with Gasteiger partial charge in [0.1, 0.15) is 16.5 Å². The Morgan fingerprint density at radius 2 is 2.06 bits per heavy atom. The minimum atomic E-state index is -0.146. The summed E-state index contributed by atoms with van der Waals surface area (Å²) in [6, 6.07) is 11.6. The first-order valence-electron chi connectivity index (χ1n) is 10.6. The molecule has 7 heteroatoms. The van der Waals surface area contributed by atoms with Crippen molar-refractivity contribution in [3.8, 4) is 5.75 Å². The van der Waals surface area contributed by atoms with Gasteiger partial charge in [-0.2, -0.15) is 0 Å². The highest BCUT2D eigenvalue weighted by atomic mass is 32.1. The zero-order chi connectivity index (χ0) is 21.6. The molecular weight excluding hydrogens is 408 g/mol. The highest BCUT2D eigenvalue weighted by molar-refractivity contribution is 7.09. The lowest BCUT2D eigenvalue weighted by atomic mass is 9.89. The number of rotatable bonds is 7. The number of hydrogen-bond donors (Lipinski definition) is 1. The Morgan fingerprint density at radius 3 is 2.74 bits per heavy atom. The van der Waals surface area contributed by atoms with Gasteiger partial charge in [-0.1, -0.05) is 23.8 Å². The number of benzene rings is 1. The number of aromatic nitrogens is 2. The maximum absolute atomic E-state index is 12.8. The lowest BCUT2D eigenvalue weighted by Gasteiger charge is -2.36. The van der Waals surface area contributed by atoms with Crippen LogP contribution in [0.3, 0.4) is 0 Å². The van der Waals surface area contributed by atoms with E-state index in [0.717, 1.165) is 43.2 Å². The molecule has 1 aliphatic heterocycles. The van der Waals surface area contributed by atoms with Crippen molar-refractivity contribution in [2.45, 2.75) is 32.4 Å². The van der Waals surface area contributed by atoms with Crippen molar-refractivity contribution in [1.29, 1.82) is 0 Å². The Hall–Kier alpha value is -2.77. The first-order valence-corrected chi connectivity index (χ1v) is 11.5. The summed E-state index contributed by atoms with van der Waals surface area (Å²) < 4.78 is 5.55. The Morgan fingerprint density at radius 1 is 1.23 bits per heavy atom. The van der Waals surface area contributed by atoms with E-state index in [4.69, 9.17) is 4.74 Å². The number of nitrogens with one attached hydrogen (secondary N) is 1. The van der Waals surface area contributed by atoms with Crippen molar-refractivity contribution < 1.29 is 9.53 Å². The third-order valence-electron chi connectivity index (χ3n) is 5.84. The van der Waals surface area contributed by atoms with Gasteiger partial charge in [0.05, 0.1) is 13.2 Å². The summed E-state index contributed by atoms with van der Waals surface area (Å²) >= 11 is 1.60. The SMILES string of the molecule is COc1ccc(C)cc1CN1CCC([C@@H](NC(=O)c2ccccn2)c2nccs2)CC1. The first kappa shape index (κ1) is 21.5. The molecular formula is C24H28N4O2S. The van der Waals surface area contributed by atoms with Crippen LogP contribution in [0.1, 0.15) is 45.5 Å². The van der Waals surface area contributed by atoms with Crippen molar-refractivity contribution in [2.24, 2.45) is 5.92 Å². The topological polar surface area (TPSA) is 67.3 Å². The molecule has 1 fully saturated rings. The first-order chi connectivity index (χ1) is 15.1. The van der Waals surface area contributed by atoms with Gasteiger partial charge in [-0.3, -0.25) is 14.7 Å². The Labute approximate surface area is 187 Å². The van der Waals surface area contributed by atoms with Gasteiger partial charge in [0.2, 0.25) is 0 Å². The quantitative estimate of drug-likeness (QED) is 0.600. The van der Waals surface area contributed by atoms with Gasteiger partial charge in [-0.05, 0) is 57.0 Å². The molecule has 1 N–H and O–H groups in total. The minimum absolute atomic E-state index is 0.0924. The highest BCUT2D eigenvalue weighted by Gasteiger charge is 2.31. The van der Waals surface area contributed by atoms with Gasteiger partial charge in [-0.15, -0.1) is 11.3 Å². The zero-order valence-corrected chi connectivity index (χ0v) is 18.8. The largest absolute Gasteiger partial charge is 0.496 e. The van der Waals surface area contributed by atoms with E-state index in [1.54, 1.807) is 36.9 Å². The van der Waals surface area contributed by atoms with Crippen LogP contribution >= 0.6 is 11.3 Å². The Balaban J connectivity index is 1.42. The van der Waals surface area contributed by atoms with Crippen LogP contribution in [-0.4, -0.2) is 41.0 Å². The molecule has 1 amide bonds. The van der Waals surface area contributed by atoms with Gasteiger partial charge in [0.15, 0.2) is 0 Å². The smallest absolute Gasteiger partial charge is 0.270 e. The molecule has 0 radical (unpaired) electrons. The van der Waals surface area contributed by atoms with Crippen LogP contribution in [0.5, 0.6) is 5.75 Å². The number of pyridine rings is 1. The lowest BCUT2D eigenvalue weighted by Crippen LogP contribution is -2.40. The number of thiazole rings is 1. The molecule has 0 saturated carbocycles. The van der Waals surface area contributed by atoms with Crippen LogP contribution in [0, 0.1) is 12.8 Å². The molecule has 162 valence electrons. The second-order valence-electron chi connectivity index (χ2n) is 7.97. The van der Waals surface area contributed by atoms with E-state index in [9.17, 15) is 4.79 Å². The van der Waals surface area contributed by atoms with E-state index < -0.39 is 0 Å². The molecule has 6 nitrogen and oxygen atoms in total. The fourth-order valence-corrected chi connectivity index (χ4v) is 4.98. The number of piperidine rings is 1. The molecule has 1 saturated heterocycles. The molecule has 0 aliphatic carbocycles. The van der Waals surface area contributed by atoms with Gasteiger partial charge in [-0.25, -0.2) is 4.98 Å². The van der Waals surface area contributed by atoms with Crippen molar-refractivity contribution in [2.75, 3.05) is 20.2 Å². The Bertz CT molecular complexity index is 986. The predicted octanol–water partition coefficient (Wildman–Crippen LogP) is 4.24. The van der Waals surface area contributed by atoms with Gasteiger partial charge < -0.3 is 10.1 Å². The van der Waals surface area contributed by atoms with Crippen LogP contribution < -0.4 is 10.1 Å². The maximum atomic E-state index is 12.8. The van der Waals surface area contributed by atoms with E-state index in [2.05, 4.69) is 39.2 Å². The van der Waals surface area contributed by atoms with E-state index in [1.807, 2.05) is 23.6 Å². The van der Waals surface area contributed by atoms with E-state index >= 15 is 0 Å². The molecule has 1 aromatic carbocycles. The minimum Gasteiger partial charge on any atom is -0.496 e. The molecule has 0 spiro atoms. The standard InChI is InChI=1S/C24H28N4O2S/c1-17-6-7-21(30-2)19(15-17)16-28-12-8-18(9-13-28)22(24-26-11-14-31-24)27-23(29)20-5-3-4-10-25-20/h3-7,10-11,14-15,18,22H,8-9,12-13,16H2,1-2H3,(H,27,29)/t22-/m1/s1. The van der Waals surface area contributed by atoms with Gasteiger partial charge in [0.25, 0.3) is 5.91 Å². The monoisotopic (exact) mass is 436 g/mol. The summed E-state index contributed by atoms with van der Waals surface area (Å²) in [7, 11) is 1.73. The zero-order valence-electron chi connectivity index (χ0n) is 18.0. The molecule has 3 aromatic rings. The van der Waals surface area contributed by atoms with Crippen molar-refractivity contribution in [3.05, 3.63) is 76.0 Å². The molecule has 0 bridgehead atoms. The number of hydrogen-bond acceptors (Lipinski definition) is 6. The summed E-state index contributed by atoms with van der Waals surface area (Å²) in [6.45, 7) is 4.93. The average molecular weight is 437 g/mol. The van der Waals surface area contributed by atoms with Crippen LogP contribution in [0.4, 0.5) is 0 Å². The maximum Gasteiger partial charge on any atom is 0.270 e. The van der Waals surface area contributed by atoms with Crippen LogP contribution in [-0.2, 0) is 6.54 Å². The van der Waals surface area contributed by atoms with Gasteiger partial charge in [0, 0.05) is 29.9 Å². The molecule has 0 unspecified atom stereocenters. The van der Waals surface area contributed by atoms with Crippen molar-refractivity contribution in [3.63, 3.8) is 0 Å². The third kappa shape index (κ3) is 5.29. The van der Waals surface area contributed by atoms with Crippen LogP contribution in [0.25, 0.3) is 0 Å². The van der Waals surface area contributed by atoms with Crippen LogP contribution in [0.2, 0.25) is 0 Å². The average Bonchev–Trinajstić information content (AvgIpc) is 3.33. The van der Waals surface area contributed by atoms with Crippen LogP contribution in [0.15, 0.2) is 54.2 Å². The summed E-state index contributed by atoms with van der Waals surface area (Å²) in [5.74, 6) is 1.14. The molecule has 1 atom stereocenters. The third-order valence-corrected chi connectivity index (χ3v) is 6.69. The molecule has 31 heavy (non-hydrogen) atoms. The normalized spacial score (nSPS) is 16.1. The number of nitrogens with zero attached hydrogens (tertiary/aromatic N) is 3. The highest BCUT2D eigenvalue weighted by Crippen LogP contribution is 2.33. The summed E-state index contributed by atoms with van der Waals surface area (Å²) in [5, 5.41) is 6.13. The van der Waals surface area contributed by atoms with Crippen molar-refractivity contribution >= 4 is 17.2 Å². The lowest BCUT2D eigenvalue weighted by molar-refractivity contribution is 0.0885. The number of carbonyl (C=O) groups is 1. The summed E-state index contributed by atoms with van der Waals surface area (Å²) in [6.07, 6.45) is 5.45. The summed E-state index contributed by atoms with van der Waals surface area (Å²) in [5.41, 5.74) is 2.90. The number of amides is 1. The number of carbonyl (C=O) groups excluding carboxylic acids is 1. The molecule has 1 aliphatic rings. The fourth-order valence-electron chi connectivity index (χ4n) is 4.20. The van der Waals surface area contributed by atoms with Crippen molar-refractivity contribution in [1.82, 2.24) is 20.2 Å². The number of ether oxygens (including phenoxy) is 1. The second-order valence-corrected chi connectivity index (χ2v) is 8.89. The van der Waals surface area contributed by atoms with E-state index in [-0.39, 0.29) is 11.9 Å². The molecule has 2 aromatic heterocycles. The fraction of sp³-hybridized carbons (Fsp3) is 0.375. The molecule has 4 rings (SSSR count). The molecule has 3 heterocycles. The summed E-state index contributed by atoms with van der Waals surface area (Å²) in [4.78, 5) is 23.9. The number of aryl methyl sites for hydroxylation is 1. The Kier molecular flexibility index (Phi) is 6.94. The van der Waals surface area contributed by atoms with E-state index in [1.165, 1.54) is 11.1 Å². The number of likely N-dealkylation sites (tertiary alicyclic amines) is 1. The van der Waals surface area contributed by atoms with Gasteiger partial charge >= 0.3 is 0 Å². The second kappa shape index (κ2) is 10.0. The van der Waals surface area contributed by atoms with E-state index in [0.29, 0.717) is 11.6 Å².